The van der Waals surface area contributed by atoms with Gasteiger partial charge >= 0.3 is 0 Å². The lowest BCUT2D eigenvalue weighted by atomic mass is 9.92. The van der Waals surface area contributed by atoms with Gasteiger partial charge in [0.2, 0.25) is 11.5 Å². The Balaban J connectivity index is 1.47. The minimum Gasteiger partial charge on any atom is -0.496 e. The number of anilines is 1. The summed E-state index contributed by atoms with van der Waals surface area (Å²) in [5.74, 6) is 2.24. The number of hydrogen-bond donors (Lipinski definition) is 2. The number of fused-ring (bicyclic) bond motifs is 1. The molecule has 1 aliphatic heterocycles. The molecule has 0 unspecified atom stereocenters. The molecule has 1 amide bonds. The fourth-order valence-corrected chi connectivity index (χ4v) is 4.57. The van der Waals surface area contributed by atoms with Crippen LogP contribution in [0.4, 0.5) is 5.82 Å². The molecule has 0 spiro atoms. The van der Waals surface area contributed by atoms with Crippen molar-refractivity contribution in [2.75, 3.05) is 45.6 Å². The van der Waals surface area contributed by atoms with Crippen LogP contribution in [0.3, 0.4) is 0 Å². The predicted octanol–water partition coefficient (Wildman–Crippen LogP) is 3.63. The summed E-state index contributed by atoms with van der Waals surface area (Å²) in [6, 6.07) is 10.1. The van der Waals surface area contributed by atoms with Crippen LogP contribution in [0.25, 0.3) is 0 Å². The van der Waals surface area contributed by atoms with Gasteiger partial charge in [0.25, 0.3) is 5.91 Å². The number of nitrogens with one attached hydrogen (secondary N) is 2. The van der Waals surface area contributed by atoms with Gasteiger partial charge in [0.05, 0.1) is 27.5 Å². The van der Waals surface area contributed by atoms with Crippen LogP contribution < -0.4 is 25.0 Å². The number of amides is 1. The second-order valence-electron chi connectivity index (χ2n) is 8.65. The Kier molecular flexibility index (Phi) is 9.03. The average Bonchev–Trinajstić information content (AvgIpc) is 3.41. The van der Waals surface area contributed by atoms with Crippen LogP contribution in [-0.4, -0.2) is 67.6 Å². The summed E-state index contributed by atoms with van der Waals surface area (Å²) >= 11 is 5.66. The molecule has 0 fully saturated rings. The Hall–Kier alpha value is -3.83. The Morgan fingerprint density at radius 2 is 1.92 bits per heavy atom. The number of methoxy groups -OCH3 is 3. The normalized spacial score (nSPS) is 15.2. The molecule has 202 valence electrons. The maximum Gasteiger partial charge on any atom is 0.297 e. The Morgan fingerprint density at radius 3 is 2.66 bits per heavy atom. The first-order chi connectivity index (χ1) is 18.5. The minimum atomic E-state index is -0.554. The van der Waals surface area contributed by atoms with Gasteiger partial charge in [0.15, 0.2) is 11.5 Å². The molecule has 12 heteroatoms. The Bertz CT molecular complexity index is 1300. The van der Waals surface area contributed by atoms with Crippen molar-refractivity contribution in [2.45, 2.75) is 25.9 Å². The minimum absolute atomic E-state index is 0.00342. The van der Waals surface area contributed by atoms with E-state index in [0.29, 0.717) is 19.0 Å². The smallest absolute Gasteiger partial charge is 0.297 e. The standard InChI is InChI=1S/C26H31ClN6O5/c1-16-20-13-23(37-4)22(36-3)12-18(20)7-10-33(16)15-19-11-17(5-6-21(19)35-2)14-29-30-26(34)24-25(28-9-8-27)32-38-31-24/h5-6,11-14,16H,7-10,15H2,1-4H3,(H,28,32)(H,30,34)/b29-14-/t16-/m1/s1. The first-order valence-corrected chi connectivity index (χ1v) is 12.6. The molecule has 1 aromatic heterocycles. The van der Waals surface area contributed by atoms with E-state index in [-0.39, 0.29) is 17.6 Å². The van der Waals surface area contributed by atoms with E-state index in [9.17, 15) is 4.79 Å². The molecule has 38 heavy (non-hydrogen) atoms. The maximum absolute atomic E-state index is 12.4. The molecule has 1 atom stereocenters. The van der Waals surface area contributed by atoms with Gasteiger partial charge in [0, 0.05) is 37.1 Å². The second-order valence-corrected chi connectivity index (χ2v) is 9.03. The number of carbonyl (C=O) groups is 1. The summed E-state index contributed by atoms with van der Waals surface area (Å²) in [5.41, 5.74) is 6.73. The molecular formula is C26H31ClN6O5. The van der Waals surface area contributed by atoms with Gasteiger partial charge in [-0.15, -0.1) is 11.6 Å². The topological polar surface area (TPSA) is 123 Å². The van der Waals surface area contributed by atoms with E-state index in [1.165, 1.54) is 11.1 Å². The Morgan fingerprint density at radius 1 is 1.16 bits per heavy atom. The maximum atomic E-state index is 12.4. The highest BCUT2D eigenvalue weighted by atomic mass is 35.5. The van der Waals surface area contributed by atoms with E-state index < -0.39 is 5.91 Å². The summed E-state index contributed by atoms with van der Waals surface area (Å²) in [4.78, 5) is 14.8. The van der Waals surface area contributed by atoms with Gasteiger partial charge in [-0.25, -0.2) is 10.1 Å². The lowest BCUT2D eigenvalue weighted by molar-refractivity contribution is 0.0946. The van der Waals surface area contributed by atoms with Crippen molar-refractivity contribution < 1.29 is 23.6 Å². The number of hydrazone groups is 1. The van der Waals surface area contributed by atoms with Crippen molar-refractivity contribution >= 4 is 29.5 Å². The van der Waals surface area contributed by atoms with Crippen molar-refractivity contribution in [1.29, 1.82) is 0 Å². The third-order valence-corrected chi connectivity index (χ3v) is 6.65. The predicted molar refractivity (Wildman–Crippen MR) is 144 cm³/mol. The molecular weight excluding hydrogens is 512 g/mol. The lowest BCUT2D eigenvalue weighted by Crippen LogP contribution is -2.33. The monoisotopic (exact) mass is 542 g/mol. The zero-order chi connectivity index (χ0) is 27.1. The highest BCUT2D eigenvalue weighted by Crippen LogP contribution is 2.39. The van der Waals surface area contributed by atoms with Gasteiger partial charge in [-0.05, 0) is 70.7 Å². The Labute approximate surface area is 226 Å². The van der Waals surface area contributed by atoms with E-state index in [2.05, 4.69) is 54.7 Å². The number of benzene rings is 2. The third-order valence-electron chi connectivity index (χ3n) is 6.46. The summed E-state index contributed by atoms with van der Waals surface area (Å²) in [6.07, 6.45) is 2.46. The van der Waals surface area contributed by atoms with Crippen molar-refractivity contribution in [2.24, 2.45) is 5.10 Å². The highest BCUT2D eigenvalue weighted by molar-refractivity contribution is 6.18. The first kappa shape index (κ1) is 27.2. The van der Waals surface area contributed by atoms with Crippen LogP contribution >= 0.6 is 11.6 Å². The summed E-state index contributed by atoms with van der Waals surface area (Å²) < 4.78 is 21.3. The second kappa shape index (κ2) is 12.6. The molecule has 11 nitrogen and oxygen atoms in total. The largest absolute Gasteiger partial charge is 0.496 e. The number of halogens is 1. The molecule has 3 aromatic rings. The molecule has 4 rings (SSSR count). The van der Waals surface area contributed by atoms with Crippen molar-refractivity contribution in [3.63, 3.8) is 0 Å². The van der Waals surface area contributed by atoms with Crippen molar-refractivity contribution in [3.8, 4) is 17.2 Å². The lowest BCUT2D eigenvalue weighted by Gasteiger charge is -2.36. The fourth-order valence-electron chi connectivity index (χ4n) is 4.47. The molecule has 2 heterocycles. The number of carbonyl (C=O) groups excluding carboxylic acids is 1. The van der Waals surface area contributed by atoms with Gasteiger partial charge in [-0.2, -0.15) is 5.10 Å². The summed E-state index contributed by atoms with van der Waals surface area (Å²) in [6.45, 7) is 4.16. The average molecular weight is 543 g/mol. The van der Waals surface area contributed by atoms with Gasteiger partial charge in [0.1, 0.15) is 5.75 Å². The molecule has 0 bridgehead atoms. The number of rotatable bonds is 11. The highest BCUT2D eigenvalue weighted by Gasteiger charge is 2.27. The number of alkyl halides is 1. The van der Waals surface area contributed by atoms with Crippen LogP contribution in [-0.2, 0) is 13.0 Å². The number of ether oxygens (including phenoxy) is 3. The van der Waals surface area contributed by atoms with E-state index in [1.54, 1.807) is 27.5 Å². The molecule has 0 saturated heterocycles. The van der Waals surface area contributed by atoms with E-state index in [1.807, 2.05) is 18.2 Å². The van der Waals surface area contributed by atoms with Crippen molar-refractivity contribution in [3.05, 3.63) is 58.3 Å². The molecule has 0 saturated carbocycles. The fraction of sp³-hybridized carbons (Fsp3) is 0.385. The molecule has 0 aliphatic carbocycles. The van der Waals surface area contributed by atoms with Gasteiger partial charge < -0.3 is 19.5 Å². The van der Waals surface area contributed by atoms with Crippen LogP contribution in [0.2, 0.25) is 0 Å². The van der Waals surface area contributed by atoms with E-state index >= 15 is 0 Å². The third kappa shape index (κ3) is 6.00. The molecule has 1 aliphatic rings. The SMILES string of the molecule is COc1ccc(/C=N\NC(=O)c2nonc2NCCCl)cc1CN1CCc2cc(OC)c(OC)cc2[C@H]1C. The van der Waals surface area contributed by atoms with Crippen LogP contribution in [0.1, 0.15) is 45.7 Å². The number of nitrogens with zero attached hydrogens (tertiary/aromatic N) is 4. The van der Waals surface area contributed by atoms with Gasteiger partial charge in [-0.3, -0.25) is 9.69 Å². The molecule has 2 aromatic carbocycles. The van der Waals surface area contributed by atoms with Crippen LogP contribution in [0, 0.1) is 0 Å². The quantitative estimate of drug-likeness (QED) is 0.212. The van der Waals surface area contributed by atoms with Crippen LogP contribution in [0.5, 0.6) is 17.2 Å². The van der Waals surface area contributed by atoms with Crippen LogP contribution in [0.15, 0.2) is 40.1 Å². The molecule has 0 radical (unpaired) electrons. The van der Waals surface area contributed by atoms with E-state index in [4.69, 9.17) is 25.8 Å². The summed E-state index contributed by atoms with van der Waals surface area (Å²) in [7, 11) is 4.95. The molecule has 2 N–H and O–H groups in total. The summed E-state index contributed by atoms with van der Waals surface area (Å²) in [5, 5.41) is 14.2. The van der Waals surface area contributed by atoms with E-state index in [0.717, 1.165) is 41.3 Å². The van der Waals surface area contributed by atoms with Crippen molar-refractivity contribution in [1.82, 2.24) is 20.6 Å². The number of hydrogen-bond acceptors (Lipinski definition) is 10. The zero-order valence-electron chi connectivity index (χ0n) is 21.8. The number of aromatic nitrogens is 2. The zero-order valence-corrected chi connectivity index (χ0v) is 22.5. The first-order valence-electron chi connectivity index (χ1n) is 12.1. The van der Waals surface area contributed by atoms with Gasteiger partial charge in [-0.1, -0.05) is 0 Å².